The molecule has 0 radical (unpaired) electrons. The molecule has 31 heavy (non-hydrogen) atoms. The van der Waals surface area contributed by atoms with Gasteiger partial charge in [0.15, 0.2) is 0 Å². The lowest BCUT2D eigenvalue weighted by Crippen LogP contribution is -2.35. The van der Waals surface area contributed by atoms with E-state index >= 15 is 0 Å². The van der Waals surface area contributed by atoms with Gasteiger partial charge in [-0.05, 0) is 61.5 Å². The van der Waals surface area contributed by atoms with Crippen molar-refractivity contribution in [1.29, 1.82) is 0 Å². The van der Waals surface area contributed by atoms with E-state index in [0.29, 0.717) is 17.0 Å². The number of nitrogens with zero attached hydrogens (tertiary/aromatic N) is 1. The van der Waals surface area contributed by atoms with Crippen molar-refractivity contribution < 1.29 is 21.0 Å². The number of rotatable bonds is 9. The van der Waals surface area contributed by atoms with E-state index in [2.05, 4.69) is 0 Å². The van der Waals surface area contributed by atoms with Gasteiger partial charge in [0.2, 0.25) is 0 Å². The summed E-state index contributed by atoms with van der Waals surface area (Å²) in [4.78, 5) is 0.0419. The monoisotopic (exact) mass is 501 g/mol. The first kappa shape index (κ1) is 24.2. The summed E-state index contributed by atoms with van der Waals surface area (Å²) in [6.07, 6.45) is 0.583. The summed E-state index contributed by atoms with van der Waals surface area (Å²) in [7, 11) is -7.79. The van der Waals surface area contributed by atoms with Gasteiger partial charge in [-0.1, -0.05) is 36.2 Å². The Balaban J connectivity index is 1.81. The van der Waals surface area contributed by atoms with Gasteiger partial charge in [-0.25, -0.2) is 8.42 Å². The molecule has 0 bridgehead atoms. The van der Waals surface area contributed by atoms with Gasteiger partial charge in [0.05, 0.1) is 11.5 Å². The highest BCUT2D eigenvalue weighted by atomic mass is 35.5. The fourth-order valence-corrected chi connectivity index (χ4v) is 7.63. The molecule has 0 aliphatic heterocycles. The van der Waals surface area contributed by atoms with Crippen LogP contribution in [0.25, 0.3) is 10.1 Å². The lowest BCUT2D eigenvalue weighted by atomic mass is 10.2. The maximum atomic E-state index is 13.4. The predicted octanol–water partition coefficient (Wildman–Crippen LogP) is 4.98. The Hall–Kier alpha value is -1.49. The molecule has 0 atom stereocenters. The van der Waals surface area contributed by atoms with Crippen LogP contribution < -0.4 is 0 Å². The van der Waals surface area contributed by atoms with Crippen molar-refractivity contribution in [3.8, 4) is 0 Å². The van der Waals surface area contributed by atoms with Gasteiger partial charge in [-0.15, -0.1) is 11.3 Å². The van der Waals surface area contributed by atoms with Gasteiger partial charge in [-0.3, -0.25) is 4.18 Å². The zero-order valence-corrected chi connectivity index (χ0v) is 20.7. The first-order valence-corrected chi connectivity index (χ1v) is 13.8. The van der Waals surface area contributed by atoms with Crippen LogP contribution in [0.3, 0.4) is 0 Å². The molecule has 3 rings (SSSR count). The fraction of sp³-hybridized carbons (Fsp3) is 0.333. The zero-order chi connectivity index (χ0) is 22.8. The highest BCUT2D eigenvalue weighted by Gasteiger charge is 2.29. The minimum absolute atomic E-state index is 0.0419. The van der Waals surface area contributed by atoms with Crippen LogP contribution in [0.4, 0.5) is 0 Å². The van der Waals surface area contributed by atoms with Crippen LogP contribution in [0.1, 0.15) is 24.5 Å². The van der Waals surface area contributed by atoms with Gasteiger partial charge in [0.1, 0.15) is 4.21 Å². The number of hydrogen-bond donors (Lipinski definition) is 0. The van der Waals surface area contributed by atoms with Crippen molar-refractivity contribution in [3.05, 3.63) is 58.6 Å². The molecule has 0 saturated carbocycles. The topological polar surface area (TPSA) is 80.8 Å². The Labute approximate surface area is 192 Å². The molecular formula is C21H24ClNO5S3. The third-order valence-corrected chi connectivity index (χ3v) is 10.1. The molecule has 0 fully saturated rings. The smallest absolute Gasteiger partial charge is 0.265 e. The molecule has 1 aromatic heterocycles. The summed E-state index contributed by atoms with van der Waals surface area (Å²) in [6, 6.07) is 11.6. The highest BCUT2D eigenvalue weighted by Crippen LogP contribution is 2.37. The Morgan fingerprint density at radius 3 is 2.32 bits per heavy atom. The summed E-state index contributed by atoms with van der Waals surface area (Å²) < 4.78 is 59.0. The van der Waals surface area contributed by atoms with Crippen LogP contribution in [-0.2, 0) is 24.3 Å². The summed E-state index contributed by atoms with van der Waals surface area (Å²) in [6.45, 7) is 5.38. The van der Waals surface area contributed by atoms with Crippen LogP contribution in [-0.4, -0.2) is 40.8 Å². The average molecular weight is 502 g/mol. The number of hydrogen-bond acceptors (Lipinski definition) is 6. The van der Waals surface area contributed by atoms with Crippen molar-refractivity contribution in [2.45, 2.75) is 36.3 Å². The summed E-state index contributed by atoms with van der Waals surface area (Å²) in [5, 5.41) is 1.34. The lowest BCUT2D eigenvalue weighted by Gasteiger charge is -2.21. The summed E-state index contributed by atoms with van der Waals surface area (Å²) in [5.41, 5.74) is 1.57. The molecule has 0 unspecified atom stereocenters. The highest BCUT2D eigenvalue weighted by molar-refractivity contribution is 7.91. The maximum Gasteiger partial charge on any atom is 0.297 e. The molecule has 168 valence electrons. The van der Waals surface area contributed by atoms with Crippen LogP contribution in [0, 0.1) is 13.8 Å². The quantitative estimate of drug-likeness (QED) is 0.386. The average Bonchev–Trinajstić information content (AvgIpc) is 3.04. The van der Waals surface area contributed by atoms with Crippen molar-refractivity contribution in [2.24, 2.45) is 0 Å². The zero-order valence-electron chi connectivity index (χ0n) is 17.5. The third-order valence-electron chi connectivity index (χ3n) is 4.79. The van der Waals surface area contributed by atoms with E-state index in [-0.39, 0.29) is 28.8 Å². The minimum Gasteiger partial charge on any atom is -0.265 e. The molecule has 0 N–H and O–H groups in total. The van der Waals surface area contributed by atoms with Crippen molar-refractivity contribution in [1.82, 2.24) is 4.31 Å². The van der Waals surface area contributed by atoms with E-state index in [1.807, 2.05) is 13.8 Å². The normalized spacial score (nSPS) is 12.7. The first-order chi connectivity index (χ1) is 14.6. The number of aryl methyl sites for hydroxylation is 2. The molecule has 0 spiro atoms. The molecular weight excluding hydrogens is 478 g/mol. The first-order valence-electron chi connectivity index (χ1n) is 9.71. The van der Waals surface area contributed by atoms with E-state index in [9.17, 15) is 16.8 Å². The van der Waals surface area contributed by atoms with Crippen LogP contribution >= 0.6 is 22.9 Å². The van der Waals surface area contributed by atoms with Crippen molar-refractivity contribution >= 4 is 53.2 Å². The maximum absolute atomic E-state index is 13.4. The Morgan fingerprint density at radius 1 is 1.00 bits per heavy atom. The second kappa shape index (κ2) is 9.56. The molecule has 6 nitrogen and oxygen atoms in total. The molecule has 0 amide bonds. The molecule has 0 aliphatic rings. The summed E-state index contributed by atoms with van der Waals surface area (Å²) >= 11 is 7.25. The summed E-state index contributed by atoms with van der Waals surface area (Å²) in [5.74, 6) is 0. The van der Waals surface area contributed by atoms with E-state index in [0.717, 1.165) is 15.6 Å². The van der Waals surface area contributed by atoms with Crippen LogP contribution in [0.15, 0.2) is 51.6 Å². The largest absolute Gasteiger partial charge is 0.297 e. The molecule has 0 aliphatic carbocycles. The number of fused-ring (bicyclic) bond motifs is 1. The van der Waals surface area contributed by atoms with E-state index in [4.69, 9.17) is 15.8 Å². The van der Waals surface area contributed by atoms with Crippen molar-refractivity contribution in [3.63, 3.8) is 0 Å². The van der Waals surface area contributed by atoms with Gasteiger partial charge >= 0.3 is 0 Å². The van der Waals surface area contributed by atoms with E-state index in [1.165, 1.54) is 27.8 Å². The van der Waals surface area contributed by atoms with Crippen molar-refractivity contribution in [2.75, 3.05) is 19.7 Å². The standard InChI is InChI=1S/C21H24ClNO5S3/c1-4-11-23(12-13-28-31(26,27)18-8-5-15(2)6-9-18)30(24,25)21-16(3)19-14-17(22)7-10-20(19)29-21/h5-10,14H,4,11-13H2,1-3H3. The number of sulfonamides is 1. The molecule has 2 aromatic carbocycles. The van der Waals surface area contributed by atoms with Gasteiger partial charge in [0.25, 0.3) is 20.1 Å². The SMILES string of the molecule is CCCN(CCOS(=O)(=O)c1ccc(C)cc1)S(=O)(=O)c1sc2ccc(Cl)cc2c1C. The Bertz CT molecular complexity index is 1280. The molecule has 3 aromatic rings. The number of thiophene rings is 1. The van der Waals surface area contributed by atoms with Gasteiger partial charge in [0, 0.05) is 22.8 Å². The molecule has 10 heteroatoms. The minimum atomic E-state index is -3.96. The number of benzene rings is 2. The van der Waals surface area contributed by atoms with E-state index < -0.39 is 20.1 Å². The van der Waals surface area contributed by atoms with Crippen LogP contribution in [0.2, 0.25) is 5.02 Å². The Morgan fingerprint density at radius 2 is 1.68 bits per heavy atom. The predicted molar refractivity (Wildman–Crippen MR) is 125 cm³/mol. The molecule has 0 saturated heterocycles. The second-order valence-corrected chi connectivity index (χ2v) is 12.4. The third kappa shape index (κ3) is 5.30. The van der Waals surface area contributed by atoms with Gasteiger partial charge in [-0.2, -0.15) is 12.7 Å². The van der Waals surface area contributed by atoms with Crippen LogP contribution in [0.5, 0.6) is 0 Å². The second-order valence-electron chi connectivity index (χ2n) is 7.15. The van der Waals surface area contributed by atoms with Gasteiger partial charge < -0.3 is 0 Å². The number of halogens is 1. The Kier molecular flexibility index (Phi) is 7.45. The lowest BCUT2D eigenvalue weighted by molar-refractivity contribution is 0.275. The molecule has 1 heterocycles. The fourth-order valence-electron chi connectivity index (χ4n) is 3.16. The van der Waals surface area contributed by atoms with E-state index in [1.54, 1.807) is 37.3 Å².